The van der Waals surface area contributed by atoms with Crippen LogP contribution in [0.25, 0.3) is 0 Å². The van der Waals surface area contributed by atoms with Crippen molar-refractivity contribution in [3.05, 3.63) is 11.6 Å². The number of thioether (sulfide) groups is 1. The molecule has 2 fully saturated rings. The zero-order chi connectivity index (χ0) is 15.7. The molecule has 0 radical (unpaired) electrons. The van der Waals surface area contributed by atoms with Crippen molar-refractivity contribution in [2.45, 2.75) is 43.3 Å². The predicted octanol–water partition coefficient (Wildman–Crippen LogP) is 1.10. The SMILES string of the molecule is CS(=O)(=O)OC1CN(C2SC=CN2C(=O)NC2CCCC2)C1. The summed E-state index contributed by atoms with van der Waals surface area (Å²) in [4.78, 5) is 16.1. The first kappa shape index (κ1) is 16.1. The van der Waals surface area contributed by atoms with Gasteiger partial charge in [-0.3, -0.25) is 14.0 Å². The van der Waals surface area contributed by atoms with Gasteiger partial charge in [-0.15, -0.1) is 0 Å². The van der Waals surface area contributed by atoms with E-state index in [1.807, 2.05) is 10.3 Å². The molecule has 1 saturated heterocycles. The van der Waals surface area contributed by atoms with Gasteiger partial charge >= 0.3 is 6.03 Å². The van der Waals surface area contributed by atoms with Crippen molar-refractivity contribution in [1.29, 1.82) is 0 Å². The van der Waals surface area contributed by atoms with Gasteiger partial charge in [0.1, 0.15) is 11.6 Å². The largest absolute Gasteiger partial charge is 0.335 e. The third kappa shape index (κ3) is 3.76. The van der Waals surface area contributed by atoms with Crippen LogP contribution in [0, 0.1) is 0 Å². The van der Waals surface area contributed by atoms with E-state index in [4.69, 9.17) is 4.18 Å². The molecule has 0 aromatic rings. The molecule has 1 unspecified atom stereocenters. The molecule has 1 aliphatic carbocycles. The second kappa shape index (κ2) is 6.38. The van der Waals surface area contributed by atoms with Crippen molar-refractivity contribution >= 4 is 27.9 Å². The number of hydrogen-bond acceptors (Lipinski definition) is 6. The van der Waals surface area contributed by atoms with Gasteiger partial charge < -0.3 is 5.32 Å². The Hall–Kier alpha value is -0.770. The molecule has 3 aliphatic rings. The van der Waals surface area contributed by atoms with Crippen molar-refractivity contribution in [2.75, 3.05) is 19.3 Å². The number of rotatable bonds is 4. The van der Waals surface area contributed by atoms with Crippen LogP contribution >= 0.6 is 11.8 Å². The van der Waals surface area contributed by atoms with Gasteiger partial charge in [-0.05, 0) is 18.2 Å². The fourth-order valence-electron chi connectivity index (χ4n) is 3.02. The van der Waals surface area contributed by atoms with E-state index < -0.39 is 10.1 Å². The standard InChI is InChI=1S/C13H21N3O4S2/c1-22(18,19)20-11-8-15(9-11)13-16(6-7-21-13)12(17)14-10-4-2-3-5-10/h6-7,10-11,13H,2-5,8-9H2,1H3,(H,14,17). The van der Waals surface area contributed by atoms with E-state index in [2.05, 4.69) is 5.32 Å². The number of likely N-dealkylation sites (tertiary alicyclic amines) is 1. The van der Waals surface area contributed by atoms with E-state index in [1.54, 1.807) is 22.9 Å². The molecule has 3 rings (SSSR count). The fraction of sp³-hybridized carbons (Fsp3) is 0.769. The van der Waals surface area contributed by atoms with Gasteiger partial charge in [0.25, 0.3) is 10.1 Å². The van der Waals surface area contributed by atoms with Gasteiger partial charge in [0.05, 0.1) is 6.26 Å². The van der Waals surface area contributed by atoms with Crippen molar-refractivity contribution in [1.82, 2.24) is 15.1 Å². The van der Waals surface area contributed by atoms with E-state index in [0.717, 1.165) is 19.1 Å². The van der Waals surface area contributed by atoms with Gasteiger partial charge in [-0.25, -0.2) is 4.79 Å². The maximum atomic E-state index is 12.4. The number of urea groups is 1. The molecule has 0 spiro atoms. The van der Waals surface area contributed by atoms with Gasteiger partial charge in [0.15, 0.2) is 0 Å². The molecule has 22 heavy (non-hydrogen) atoms. The lowest BCUT2D eigenvalue weighted by molar-refractivity contribution is -0.00633. The van der Waals surface area contributed by atoms with Crippen molar-refractivity contribution in [2.24, 2.45) is 0 Å². The maximum Gasteiger partial charge on any atom is 0.323 e. The van der Waals surface area contributed by atoms with Crippen LogP contribution in [0.3, 0.4) is 0 Å². The minimum absolute atomic E-state index is 0.0781. The molecule has 2 heterocycles. The minimum atomic E-state index is -3.42. The highest BCUT2D eigenvalue weighted by molar-refractivity contribution is 8.02. The topological polar surface area (TPSA) is 79.0 Å². The van der Waals surface area contributed by atoms with Gasteiger partial charge in [-0.1, -0.05) is 24.6 Å². The van der Waals surface area contributed by atoms with Crippen LogP contribution in [0.5, 0.6) is 0 Å². The first-order chi connectivity index (χ1) is 10.4. The number of nitrogens with one attached hydrogen (secondary N) is 1. The lowest BCUT2D eigenvalue weighted by atomic mass is 10.2. The van der Waals surface area contributed by atoms with E-state index in [-0.39, 0.29) is 23.7 Å². The van der Waals surface area contributed by atoms with Crippen molar-refractivity contribution < 1.29 is 17.4 Å². The monoisotopic (exact) mass is 347 g/mol. The molecule has 0 aromatic heterocycles. The Morgan fingerprint density at radius 1 is 1.32 bits per heavy atom. The number of nitrogens with zero attached hydrogens (tertiary/aromatic N) is 2. The van der Waals surface area contributed by atoms with Crippen LogP contribution < -0.4 is 5.32 Å². The smallest absolute Gasteiger partial charge is 0.323 e. The summed E-state index contributed by atoms with van der Waals surface area (Å²) in [6, 6.07) is 0.204. The zero-order valence-electron chi connectivity index (χ0n) is 12.5. The molecule has 0 bridgehead atoms. The Bertz CT molecular complexity index is 554. The Morgan fingerprint density at radius 2 is 2.00 bits per heavy atom. The van der Waals surface area contributed by atoms with Crippen molar-refractivity contribution in [3.8, 4) is 0 Å². The Morgan fingerprint density at radius 3 is 2.64 bits per heavy atom. The van der Waals surface area contributed by atoms with Crippen LogP contribution in [-0.2, 0) is 14.3 Å². The highest BCUT2D eigenvalue weighted by Gasteiger charge is 2.40. The average Bonchev–Trinajstić information content (AvgIpc) is 3.02. The number of carbonyl (C=O) groups excluding carboxylic acids is 1. The lowest BCUT2D eigenvalue weighted by Crippen LogP contribution is -2.60. The molecule has 1 N–H and O–H groups in total. The van der Waals surface area contributed by atoms with E-state index in [1.165, 1.54) is 12.8 Å². The van der Waals surface area contributed by atoms with Crippen LogP contribution in [0.4, 0.5) is 4.79 Å². The number of hydrogen-bond donors (Lipinski definition) is 1. The summed E-state index contributed by atoms with van der Waals surface area (Å²) in [7, 11) is -3.42. The van der Waals surface area contributed by atoms with Gasteiger partial charge in [0, 0.05) is 25.3 Å². The molecule has 9 heteroatoms. The molecule has 0 aromatic carbocycles. The summed E-state index contributed by atoms with van der Waals surface area (Å²) >= 11 is 1.55. The first-order valence-corrected chi connectivity index (χ1v) is 10.2. The Balaban J connectivity index is 1.51. The summed E-state index contributed by atoms with van der Waals surface area (Å²) in [6.07, 6.45) is 6.98. The number of carbonyl (C=O) groups is 1. The van der Waals surface area contributed by atoms with E-state index in [9.17, 15) is 13.2 Å². The van der Waals surface area contributed by atoms with Gasteiger partial charge in [-0.2, -0.15) is 8.42 Å². The normalized spacial score (nSPS) is 27.3. The van der Waals surface area contributed by atoms with E-state index >= 15 is 0 Å². The minimum Gasteiger partial charge on any atom is -0.335 e. The van der Waals surface area contributed by atoms with Crippen LogP contribution in [-0.4, -0.2) is 61.2 Å². The predicted molar refractivity (Wildman–Crippen MR) is 84.4 cm³/mol. The van der Waals surface area contributed by atoms with Gasteiger partial charge in [0.2, 0.25) is 0 Å². The lowest BCUT2D eigenvalue weighted by Gasteiger charge is -2.43. The second-order valence-electron chi connectivity index (χ2n) is 5.96. The third-order valence-electron chi connectivity index (χ3n) is 4.08. The second-order valence-corrected chi connectivity index (χ2v) is 8.53. The molecule has 2 amide bonds. The quantitative estimate of drug-likeness (QED) is 0.768. The molecule has 1 atom stereocenters. The summed E-state index contributed by atoms with van der Waals surface area (Å²) in [5.74, 6) is 0. The molecule has 124 valence electrons. The summed E-state index contributed by atoms with van der Waals surface area (Å²) in [5, 5.41) is 4.96. The van der Waals surface area contributed by atoms with Crippen LogP contribution in [0.2, 0.25) is 0 Å². The van der Waals surface area contributed by atoms with Crippen molar-refractivity contribution in [3.63, 3.8) is 0 Å². The highest BCUT2D eigenvalue weighted by atomic mass is 32.2. The molecular formula is C13H21N3O4S2. The summed E-state index contributed by atoms with van der Waals surface area (Å²) in [6.45, 7) is 1.03. The highest BCUT2D eigenvalue weighted by Crippen LogP contribution is 2.32. The van der Waals surface area contributed by atoms with Crippen LogP contribution in [0.1, 0.15) is 25.7 Å². The first-order valence-electron chi connectivity index (χ1n) is 7.46. The molecule has 1 saturated carbocycles. The third-order valence-corrected chi connectivity index (χ3v) is 5.75. The zero-order valence-corrected chi connectivity index (χ0v) is 14.1. The van der Waals surface area contributed by atoms with Crippen LogP contribution in [0.15, 0.2) is 11.6 Å². The fourth-order valence-corrected chi connectivity index (χ4v) is 4.62. The van der Waals surface area contributed by atoms with E-state index in [0.29, 0.717) is 13.1 Å². The summed E-state index contributed by atoms with van der Waals surface area (Å²) in [5.41, 5.74) is -0.110. The maximum absolute atomic E-state index is 12.4. The number of amides is 2. The Labute approximate surface area is 135 Å². The molecule has 7 nitrogen and oxygen atoms in total. The molecule has 2 aliphatic heterocycles. The summed E-state index contributed by atoms with van der Waals surface area (Å²) < 4.78 is 27.1. The molecular weight excluding hydrogens is 326 g/mol. The Kier molecular flexibility index (Phi) is 4.67. The average molecular weight is 347 g/mol.